The fraction of sp³-hybridized carbons (Fsp3) is 0.333. The molecule has 1 saturated heterocycles. The number of thiophene rings is 1. The predicted octanol–water partition coefficient (Wildman–Crippen LogP) is 3.47. The zero-order valence-corrected chi connectivity index (χ0v) is 15.6. The van der Waals surface area contributed by atoms with Crippen LogP contribution in [-0.2, 0) is 11.2 Å². The van der Waals surface area contributed by atoms with E-state index in [9.17, 15) is 9.59 Å². The minimum absolute atomic E-state index is 0.0610. The monoisotopic (exact) mass is 406 g/mol. The van der Waals surface area contributed by atoms with E-state index in [1.165, 1.54) is 0 Å². The third kappa shape index (κ3) is 4.45. The molecule has 0 spiro atoms. The second-order valence-electron chi connectivity index (χ2n) is 5.90. The van der Waals surface area contributed by atoms with E-state index in [0.717, 1.165) is 22.2 Å². The number of hydrogen-bond donors (Lipinski definition) is 1. The minimum atomic E-state index is 0.0610. The summed E-state index contributed by atoms with van der Waals surface area (Å²) in [6, 6.07) is 11.5. The molecule has 1 aliphatic rings. The highest BCUT2D eigenvalue weighted by Gasteiger charge is 2.24. The van der Waals surface area contributed by atoms with Crippen molar-refractivity contribution in [3.05, 3.63) is 56.7 Å². The Hall–Kier alpha value is -1.66. The van der Waals surface area contributed by atoms with Gasteiger partial charge in [0, 0.05) is 34.0 Å². The lowest BCUT2D eigenvalue weighted by molar-refractivity contribution is -0.121. The van der Waals surface area contributed by atoms with Crippen molar-refractivity contribution in [2.45, 2.75) is 25.3 Å². The van der Waals surface area contributed by atoms with Gasteiger partial charge in [0.25, 0.3) is 5.91 Å². The Morgan fingerprint density at radius 3 is 2.50 bits per heavy atom. The number of piperidine rings is 1. The largest absolute Gasteiger partial charge is 0.353 e. The van der Waals surface area contributed by atoms with Gasteiger partial charge in [-0.1, -0.05) is 22.0 Å². The van der Waals surface area contributed by atoms with Gasteiger partial charge < -0.3 is 10.2 Å². The molecule has 0 unspecified atom stereocenters. The maximum absolute atomic E-state index is 12.5. The van der Waals surface area contributed by atoms with Crippen LogP contribution in [0.15, 0.2) is 46.3 Å². The SMILES string of the molecule is O=C(Cc1cccs1)NC1CCN(C(=O)c2ccc(Br)cc2)CC1. The summed E-state index contributed by atoms with van der Waals surface area (Å²) in [5.74, 6) is 0.126. The van der Waals surface area contributed by atoms with E-state index in [-0.39, 0.29) is 17.9 Å². The summed E-state index contributed by atoms with van der Waals surface area (Å²) >= 11 is 4.98. The van der Waals surface area contributed by atoms with E-state index in [4.69, 9.17) is 0 Å². The number of hydrogen-bond acceptors (Lipinski definition) is 3. The molecule has 1 aromatic heterocycles. The Morgan fingerprint density at radius 2 is 1.88 bits per heavy atom. The Balaban J connectivity index is 1.47. The van der Waals surface area contributed by atoms with Crippen LogP contribution in [0.2, 0.25) is 0 Å². The van der Waals surface area contributed by atoms with Crippen molar-refractivity contribution in [3.8, 4) is 0 Å². The van der Waals surface area contributed by atoms with Gasteiger partial charge in [-0.05, 0) is 48.6 Å². The molecule has 2 aromatic rings. The normalized spacial score (nSPS) is 15.3. The zero-order valence-electron chi connectivity index (χ0n) is 13.2. The van der Waals surface area contributed by atoms with Crippen LogP contribution in [-0.4, -0.2) is 35.8 Å². The first kappa shape index (κ1) is 17.2. The number of carbonyl (C=O) groups is 2. The standard InChI is InChI=1S/C18H19BrN2O2S/c19-14-5-3-13(4-6-14)18(23)21-9-7-15(8-10-21)20-17(22)12-16-2-1-11-24-16/h1-6,11,15H,7-10,12H2,(H,20,22). The molecule has 24 heavy (non-hydrogen) atoms. The van der Waals surface area contributed by atoms with Crippen LogP contribution in [0.5, 0.6) is 0 Å². The number of likely N-dealkylation sites (tertiary alicyclic amines) is 1. The quantitative estimate of drug-likeness (QED) is 0.844. The number of rotatable bonds is 4. The molecule has 0 bridgehead atoms. The molecule has 126 valence electrons. The molecule has 0 radical (unpaired) electrons. The average Bonchev–Trinajstić information content (AvgIpc) is 3.08. The molecule has 0 atom stereocenters. The fourth-order valence-corrected chi connectivity index (χ4v) is 3.82. The molecular formula is C18H19BrN2O2S. The summed E-state index contributed by atoms with van der Waals surface area (Å²) in [5.41, 5.74) is 0.707. The van der Waals surface area contributed by atoms with E-state index in [0.29, 0.717) is 25.1 Å². The van der Waals surface area contributed by atoms with Gasteiger partial charge in [-0.3, -0.25) is 9.59 Å². The van der Waals surface area contributed by atoms with Gasteiger partial charge in [0.15, 0.2) is 0 Å². The number of nitrogens with zero attached hydrogens (tertiary/aromatic N) is 1. The van der Waals surface area contributed by atoms with Crippen molar-refractivity contribution in [1.82, 2.24) is 10.2 Å². The summed E-state index contributed by atoms with van der Waals surface area (Å²) < 4.78 is 0.964. The number of benzene rings is 1. The van der Waals surface area contributed by atoms with Gasteiger partial charge in [-0.15, -0.1) is 11.3 Å². The number of amides is 2. The first-order chi connectivity index (χ1) is 11.6. The van der Waals surface area contributed by atoms with Crippen molar-refractivity contribution in [2.75, 3.05) is 13.1 Å². The van der Waals surface area contributed by atoms with Crippen molar-refractivity contribution in [2.24, 2.45) is 0 Å². The molecule has 2 heterocycles. The molecule has 4 nitrogen and oxygen atoms in total. The molecular weight excluding hydrogens is 388 g/mol. The van der Waals surface area contributed by atoms with Crippen molar-refractivity contribution < 1.29 is 9.59 Å². The van der Waals surface area contributed by atoms with Crippen molar-refractivity contribution in [1.29, 1.82) is 0 Å². The molecule has 0 saturated carbocycles. The van der Waals surface area contributed by atoms with Crippen LogP contribution in [0.3, 0.4) is 0 Å². The Morgan fingerprint density at radius 1 is 1.17 bits per heavy atom. The van der Waals surface area contributed by atoms with Gasteiger partial charge in [-0.2, -0.15) is 0 Å². The van der Waals surface area contributed by atoms with E-state index in [2.05, 4.69) is 21.2 Å². The molecule has 6 heteroatoms. The molecule has 2 amide bonds. The second kappa shape index (κ2) is 7.94. The van der Waals surface area contributed by atoms with E-state index >= 15 is 0 Å². The first-order valence-electron chi connectivity index (χ1n) is 7.98. The molecule has 3 rings (SSSR count). The summed E-state index contributed by atoms with van der Waals surface area (Å²) in [5, 5.41) is 5.07. The van der Waals surface area contributed by atoms with Gasteiger partial charge in [0.2, 0.25) is 5.91 Å². The van der Waals surface area contributed by atoms with Crippen LogP contribution >= 0.6 is 27.3 Å². The summed E-state index contributed by atoms with van der Waals surface area (Å²) in [7, 11) is 0. The van der Waals surface area contributed by atoms with Crippen molar-refractivity contribution >= 4 is 39.1 Å². The number of nitrogens with one attached hydrogen (secondary N) is 1. The summed E-state index contributed by atoms with van der Waals surface area (Å²) in [6.07, 6.45) is 2.05. The van der Waals surface area contributed by atoms with Gasteiger partial charge in [0.1, 0.15) is 0 Å². The van der Waals surface area contributed by atoms with Crippen LogP contribution in [0.4, 0.5) is 0 Å². The topological polar surface area (TPSA) is 49.4 Å². The lowest BCUT2D eigenvalue weighted by Crippen LogP contribution is -2.46. The van der Waals surface area contributed by atoms with Crippen LogP contribution in [0.25, 0.3) is 0 Å². The number of carbonyl (C=O) groups excluding carboxylic acids is 2. The third-order valence-electron chi connectivity index (χ3n) is 4.15. The smallest absolute Gasteiger partial charge is 0.253 e. The maximum atomic E-state index is 12.5. The number of halogens is 1. The molecule has 0 aliphatic carbocycles. The lowest BCUT2D eigenvalue weighted by Gasteiger charge is -2.32. The van der Waals surface area contributed by atoms with Crippen molar-refractivity contribution in [3.63, 3.8) is 0 Å². The van der Waals surface area contributed by atoms with Gasteiger partial charge in [-0.25, -0.2) is 0 Å². The predicted molar refractivity (Wildman–Crippen MR) is 99.2 cm³/mol. The zero-order chi connectivity index (χ0) is 16.9. The highest BCUT2D eigenvalue weighted by atomic mass is 79.9. The third-order valence-corrected chi connectivity index (χ3v) is 5.56. The van der Waals surface area contributed by atoms with Crippen LogP contribution < -0.4 is 5.32 Å². The minimum Gasteiger partial charge on any atom is -0.353 e. The van der Waals surface area contributed by atoms with E-state index < -0.39 is 0 Å². The van der Waals surface area contributed by atoms with E-state index in [1.54, 1.807) is 11.3 Å². The fourth-order valence-electron chi connectivity index (χ4n) is 2.85. The second-order valence-corrected chi connectivity index (χ2v) is 7.84. The highest BCUT2D eigenvalue weighted by molar-refractivity contribution is 9.10. The Labute approximate surface area is 154 Å². The highest BCUT2D eigenvalue weighted by Crippen LogP contribution is 2.17. The van der Waals surface area contributed by atoms with Gasteiger partial charge in [0.05, 0.1) is 6.42 Å². The first-order valence-corrected chi connectivity index (χ1v) is 9.65. The van der Waals surface area contributed by atoms with E-state index in [1.807, 2.05) is 46.7 Å². The summed E-state index contributed by atoms with van der Waals surface area (Å²) in [4.78, 5) is 27.5. The lowest BCUT2D eigenvalue weighted by atomic mass is 10.0. The molecule has 1 aliphatic heterocycles. The molecule has 1 fully saturated rings. The Bertz CT molecular complexity index is 692. The van der Waals surface area contributed by atoms with Crippen LogP contribution in [0.1, 0.15) is 28.1 Å². The molecule has 1 N–H and O–H groups in total. The summed E-state index contributed by atoms with van der Waals surface area (Å²) in [6.45, 7) is 1.36. The van der Waals surface area contributed by atoms with Crippen LogP contribution in [0, 0.1) is 0 Å². The molecule has 1 aromatic carbocycles. The maximum Gasteiger partial charge on any atom is 0.253 e. The Kier molecular flexibility index (Phi) is 5.68. The average molecular weight is 407 g/mol. The van der Waals surface area contributed by atoms with Gasteiger partial charge >= 0.3 is 0 Å².